The molecule has 0 aromatic carbocycles. The minimum atomic E-state index is -0.199. The quantitative estimate of drug-likeness (QED) is 0.862. The average Bonchev–Trinajstić information content (AvgIpc) is 2.98. The van der Waals surface area contributed by atoms with Crippen molar-refractivity contribution in [1.29, 1.82) is 0 Å². The minimum absolute atomic E-state index is 0.0804. The van der Waals surface area contributed by atoms with E-state index in [0.717, 1.165) is 51.9 Å². The predicted molar refractivity (Wildman–Crippen MR) is 87.5 cm³/mol. The summed E-state index contributed by atoms with van der Waals surface area (Å²) in [6.07, 6.45) is 4.05. The van der Waals surface area contributed by atoms with Crippen molar-refractivity contribution in [2.45, 2.75) is 65.0 Å². The van der Waals surface area contributed by atoms with Crippen LogP contribution in [-0.2, 0) is 9.59 Å². The Morgan fingerprint density at radius 3 is 2.09 bits per heavy atom. The van der Waals surface area contributed by atoms with E-state index in [1.807, 2.05) is 32.6 Å². The van der Waals surface area contributed by atoms with Gasteiger partial charge in [0.25, 0.3) is 0 Å². The number of likely N-dealkylation sites (tertiary alicyclic amines) is 2. The molecule has 2 rings (SSSR count). The summed E-state index contributed by atoms with van der Waals surface area (Å²) in [7, 11) is 0. The van der Waals surface area contributed by atoms with Gasteiger partial charge in [-0.3, -0.25) is 14.5 Å². The molecule has 5 nitrogen and oxygen atoms in total. The van der Waals surface area contributed by atoms with E-state index in [-0.39, 0.29) is 23.4 Å². The fourth-order valence-corrected chi connectivity index (χ4v) is 3.37. The van der Waals surface area contributed by atoms with Crippen LogP contribution in [0.2, 0.25) is 0 Å². The second-order valence-electron chi connectivity index (χ2n) is 7.76. The summed E-state index contributed by atoms with van der Waals surface area (Å²) < 4.78 is 0. The Bertz CT molecular complexity index is 403. The Balaban J connectivity index is 1.81. The van der Waals surface area contributed by atoms with Crippen molar-refractivity contribution in [3.8, 4) is 0 Å². The summed E-state index contributed by atoms with van der Waals surface area (Å²) in [5.41, 5.74) is -0.199. The van der Waals surface area contributed by atoms with E-state index in [0.29, 0.717) is 5.91 Å². The van der Waals surface area contributed by atoms with Crippen LogP contribution >= 0.6 is 0 Å². The Morgan fingerprint density at radius 1 is 1.05 bits per heavy atom. The maximum absolute atomic E-state index is 12.4. The number of rotatable bonds is 3. The van der Waals surface area contributed by atoms with Crippen LogP contribution < -0.4 is 5.32 Å². The molecule has 2 amide bonds. The summed E-state index contributed by atoms with van der Waals surface area (Å²) in [6, 6.07) is -0.123. The van der Waals surface area contributed by atoms with Gasteiger partial charge in [0.1, 0.15) is 0 Å². The second-order valence-corrected chi connectivity index (χ2v) is 7.76. The van der Waals surface area contributed by atoms with Gasteiger partial charge in [-0.15, -0.1) is 0 Å². The lowest BCUT2D eigenvalue weighted by atomic mass is 9.94. The van der Waals surface area contributed by atoms with Gasteiger partial charge in [-0.1, -0.05) is 0 Å². The van der Waals surface area contributed by atoms with Gasteiger partial charge < -0.3 is 10.2 Å². The van der Waals surface area contributed by atoms with Crippen molar-refractivity contribution in [2.24, 2.45) is 5.92 Å². The van der Waals surface area contributed by atoms with Gasteiger partial charge in [-0.05, 0) is 66.5 Å². The third-order valence-electron chi connectivity index (χ3n) is 4.72. The number of carbonyl (C=O) groups excluding carboxylic acids is 2. The molecule has 0 radical (unpaired) electrons. The van der Waals surface area contributed by atoms with Crippen LogP contribution in [0.25, 0.3) is 0 Å². The molecule has 0 aromatic rings. The zero-order chi connectivity index (χ0) is 16.3. The highest BCUT2D eigenvalue weighted by Gasteiger charge is 2.33. The van der Waals surface area contributed by atoms with Crippen LogP contribution in [0.15, 0.2) is 0 Å². The van der Waals surface area contributed by atoms with Gasteiger partial charge in [-0.25, -0.2) is 0 Å². The molecular formula is C17H31N3O2. The Kier molecular flexibility index (Phi) is 5.48. The molecule has 1 atom stereocenters. The fourth-order valence-electron chi connectivity index (χ4n) is 3.37. The molecule has 22 heavy (non-hydrogen) atoms. The Labute approximate surface area is 134 Å². The molecular weight excluding hydrogens is 278 g/mol. The zero-order valence-electron chi connectivity index (χ0n) is 14.5. The molecule has 126 valence electrons. The van der Waals surface area contributed by atoms with E-state index in [2.05, 4.69) is 10.2 Å². The molecule has 1 unspecified atom stereocenters. The lowest BCUT2D eigenvalue weighted by molar-refractivity contribution is -0.136. The molecule has 0 aliphatic carbocycles. The highest BCUT2D eigenvalue weighted by atomic mass is 16.2. The molecule has 5 heteroatoms. The highest BCUT2D eigenvalue weighted by molar-refractivity contribution is 5.82. The summed E-state index contributed by atoms with van der Waals surface area (Å²) in [5, 5.41) is 3.04. The standard InChI is InChI=1S/C17H31N3O2/c1-13(15(21)18-17(2,3)4)19-11-7-14(8-12-19)16(22)20-9-5-6-10-20/h13-14H,5-12H2,1-4H3,(H,18,21). The number of hydrogen-bond donors (Lipinski definition) is 1. The molecule has 0 bridgehead atoms. The number of piperidine rings is 1. The van der Waals surface area contributed by atoms with Crippen molar-refractivity contribution in [3.63, 3.8) is 0 Å². The molecule has 2 heterocycles. The summed E-state index contributed by atoms with van der Waals surface area (Å²) in [4.78, 5) is 28.9. The normalized spacial score (nSPS) is 22.6. The van der Waals surface area contributed by atoms with Crippen LogP contribution in [0.4, 0.5) is 0 Å². The SMILES string of the molecule is CC(C(=O)NC(C)(C)C)N1CCC(C(=O)N2CCCC2)CC1. The largest absolute Gasteiger partial charge is 0.350 e. The Hall–Kier alpha value is -1.10. The number of nitrogens with zero attached hydrogens (tertiary/aromatic N) is 2. The van der Waals surface area contributed by atoms with Crippen LogP contribution in [0.3, 0.4) is 0 Å². The van der Waals surface area contributed by atoms with Crippen molar-refractivity contribution >= 4 is 11.8 Å². The number of hydrogen-bond acceptors (Lipinski definition) is 3. The smallest absolute Gasteiger partial charge is 0.237 e. The first-order valence-corrected chi connectivity index (χ1v) is 8.63. The van der Waals surface area contributed by atoms with Crippen molar-refractivity contribution in [1.82, 2.24) is 15.1 Å². The van der Waals surface area contributed by atoms with Gasteiger partial charge in [0.05, 0.1) is 6.04 Å². The lowest BCUT2D eigenvalue weighted by Crippen LogP contribution is -2.53. The van der Waals surface area contributed by atoms with Crippen molar-refractivity contribution in [3.05, 3.63) is 0 Å². The average molecular weight is 309 g/mol. The molecule has 1 N–H and O–H groups in total. The van der Waals surface area contributed by atoms with Gasteiger partial charge in [-0.2, -0.15) is 0 Å². The first-order valence-electron chi connectivity index (χ1n) is 8.63. The van der Waals surface area contributed by atoms with Crippen LogP contribution in [-0.4, -0.2) is 59.4 Å². The summed E-state index contributed by atoms with van der Waals surface area (Å²) >= 11 is 0. The van der Waals surface area contributed by atoms with Crippen molar-refractivity contribution < 1.29 is 9.59 Å². The first kappa shape index (κ1) is 17.3. The van der Waals surface area contributed by atoms with E-state index in [1.54, 1.807) is 0 Å². The molecule has 0 saturated carbocycles. The zero-order valence-corrected chi connectivity index (χ0v) is 14.5. The minimum Gasteiger partial charge on any atom is -0.350 e. The monoisotopic (exact) mass is 309 g/mol. The van der Waals surface area contributed by atoms with Crippen LogP contribution in [0.1, 0.15) is 53.4 Å². The summed E-state index contributed by atoms with van der Waals surface area (Å²) in [6.45, 7) is 11.5. The van der Waals surface area contributed by atoms with Crippen molar-refractivity contribution in [2.75, 3.05) is 26.2 Å². The van der Waals surface area contributed by atoms with Crippen LogP contribution in [0.5, 0.6) is 0 Å². The first-order chi connectivity index (χ1) is 10.3. The van der Waals surface area contributed by atoms with Gasteiger partial charge in [0.2, 0.25) is 11.8 Å². The Morgan fingerprint density at radius 2 is 1.59 bits per heavy atom. The van der Waals surface area contributed by atoms with Crippen LogP contribution in [0, 0.1) is 5.92 Å². The van der Waals surface area contributed by atoms with E-state index in [1.165, 1.54) is 0 Å². The number of amides is 2. The van der Waals surface area contributed by atoms with E-state index in [9.17, 15) is 9.59 Å². The molecule has 2 aliphatic rings. The fraction of sp³-hybridized carbons (Fsp3) is 0.882. The highest BCUT2D eigenvalue weighted by Crippen LogP contribution is 2.23. The van der Waals surface area contributed by atoms with E-state index < -0.39 is 0 Å². The second kappa shape index (κ2) is 6.99. The summed E-state index contributed by atoms with van der Waals surface area (Å²) in [5.74, 6) is 0.577. The third kappa shape index (κ3) is 4.45. The maximum atomic E-state index is 12.4. The van der Waals surface area contributed by atoms with E-state index in [4.69, 9.17) is 0 Å². The van der Waals surface area contributed by atoms with E-state index >= 15 is 0 Å². The third-order valence-corrected chi connectivity index (χ3v) is 4.72. The van der Waals surface area contributed by atoms with Gasteiger partial charge >= 0.3 is 0 Å². The topological polar surface area (TPSA) is 52.7 Å². The van der Waals surface area contributed by atoms with Gasteiger partial charge in [0, 0.05) is 24.5 Å². The maximum Gasteiger partial charge on any atom is 0.237 e. The molecule has 0 aromatic heterocycles. The molecule has 0 spiro atoms. The number of carbonyl (C=O) groups is 2. The molecule has 2 aliphatic heterocycles. The lowest BCUT2D eigenvalue weighted by Gasteiger charge is -2.37. The molecule has 2 fully saturated rings. The predicted octanol–water partition coefficient (Wildman–Crippen LogP) is 1.62. The number of nitrogens with one attached hydrogen (secondary N) is 1. The van der Waals surface area contributed by atoms with Gasteiger partial charge in [0.15, 0.2) is 0 Å². The molecule has 2 saturated heterocycles.